The summed E-state index contributed by atoms with van der Waals surface area (Å²) in [5.41, 5.74) is 8.71. The molecular formula is C16H24N2O2. The summed E-state index contributed by atoms with van der Waals surface area (Å²) in [6.45, 7) is 6.24. The fourth-order valence-corrected chi connectivity index (χ4v) is 3.40. The molecule has 2 aliphatic heterocycles. The van der Waals surface area contributed by atoms with Crippen LogP contribution in [0.15, 0.2) is 24.3 Å². The van der Waals surface area contributed by atoms with Gasteiger partial charge in [-0.1, -0.05) is 24.3 Å². The van der Waals surface area contributed by atoms with E-state index in [1.54, 1.807) is 0 Å². The van der Waals surface area contributed by atoms with Crippen molar-refractivity contribution in [2.24, 2.45) is 5.73 Å². The Balaban J connectivity index is 1.71. The van der Waals surface area contributed by atoms with Crippen LogP contribution >= 0.6 is 0 Å². The van der Waals surface area contributed by atoms with Crippen molar-refractivity contribution in [2.45, 2.75) is 31.6 Å². The van der Waals surface area contributed by atoms with Crippen molar-refractivity contribution in [1.82, 2.24) is 4.90 Å². The Morgan fingerprint density at radius 3 is 2.45 bits per heavy atom. The van der Waals surface area contributed by atoms with Crippen molar-refractivity contribution in [1.29, 1.82) is 0 Å². The van der Waals surface area contributed by atoms with E-state index in [-0.39, 0.29) is 5.79 Å². The second-order valence-electron chi connectivity index (χ2n) is 5.75. The maximum absolute atomic E-state index is 6.05. The third-order valence-corrected chi connectivity index (χ3v) is 4.58. The molecule has 1 aromatic rings. The van der Waals surface area contributed by atoms with Crippen LogP contribution in [0.3, 0.4) is 0 Å². The zero-order valence-corrected chi connectivity index (χ0v) is 12.2. The van der Waals surface area contributed by atoms with Gasteiger partial charge in [-0.2, -0.15) is 0 Å². The monoisotopic (exact) mass is 276 g/mol. The van der Waals surface area contributed by atoms with E-state index in [2.05, 4.69) is 36.1 Å². The Kier molecular flexibility index (Phi) is 4.08. The Labute approximate surface area is 120 Å². The van der Waals surface area contributed by atoms with E-state index in [9.17, 15) is 0 Å². The van der Waals surface area contributed by atoms with E-state index in [1.165, 1.54) is 11.1 Å². The van der Waals surface area contributed by atoms with E-state index in [1.807, 2.05) is 0 Å². The Morgan fingerprint density at radius 2 is 1.85 bits per heavy atom. The molecular weight excluding hydrogens is 252 g/mol. The Morgan fingerprint density at radius 1 is 1.20 bits per heavy atom. The highest BCUT2D eigenvalue weighted by Gasteiger charge is 2.41. The number of nitrogens with zero attached hydrogens (tertiary/aromatic N) is 1. The molecule has 2 saturated heterocycles. The number of nitrogens with two attached hydrogens (primary N) is 1. The summed E-state index contributed by atoms with van der Waals surface area (Å²) in [5, 5.41) is 0. The minimum Gasteiger partial charge on any atom is -0.347 e. The molecule has 1 atom stereocenters. The normalized spacial score (nSPS) is 24.1. The first-order chi connectivity index (χ1) is 9.74. The molecule has 0 amide bonds. The zero-order valence-electron chi connectivity index (χ0n) is 12.2. The molecule has 1 unspecified atom stereocenters. The topological polar surface area (TPSA) is 47.7 Å². The minimum absolute atomic E-state index is 0.301. The van der Waals surface area contributed by atoms with Crippen molar-refractivity contribution in [3.63, 3.8) is 0 Å². The molecule has 3 rings (SSSR count). The summed E-state index contributed by atoms with van der Waals surface area (Å²) in [6, 6.07) is 8.83. The summed E-state index contributed by atoms with van der Waals surface area (Å²) >= 11 is 0. The van der Waals surface area contributed by atoms with Crippen LogP contribution in [0, 0.1) is 6.92 Å². The van der Waals surface area contributed by atoms with Crippen LogP contribution < -0.4 is 5.73 Å². The lowest BCUT2D eigenvalue weighted by atomic mass is 9.96. The highest BCUT2D eigenvalue weighted by molar-refractivity contribution is 5.29. The number of aryl methyl sites for hydroxylation is 1. The first-order valence-electron chi connectivity index (χ1n) is 7.52. The van der Waals surface area contributed by atoms with Crippen molar-refractivity contribution in [3.05, 3.63) is 35.4 Å². The number of rotatable bonds is 3. The van der Waals surface area contributed by atoms with Gasteiger partial charge in [-0.3, -0.25) is 4.90 Å². The molecule has 0 radical (unpaired) electrons. The maximum Gasteiger partial charge on any atom is 0.170 e. The summed E-state index contributed by atoms with van der Waals surface area (Å²) in [5.74, 6) is -0.304. The zero-order chi connectivity index (χ0) is 14.0. The highest BCUT2D eigenvalue weighted by Crippen LogP contribution is 2.34. The predicted octanol–water partition coefficient (Wildman–Crippen LogP) is 1.83. The van der Waals surface area contributed by atoms with Crippen LogP contribution in [-0.2, 0) is 9.47 Å². The van der Waals surface area contributed by atoms with Gasteiger partial charge in [-0.05, 0) is 18.1 Å². The van der Waals surface area contributed by atoms with Crippen molar-refractivity contribution in [2.75, 3.05) is 32.8 Å². The summed E-state index contributed by atoms with van der Waals surface area (Å²) in [7, 11) is 0. The van der Waals surface area contributed by atoms with Gasteiger partial charge in [0.15, 0.2) is 5.79 Å². The number of hydrogen-bond acceptors (Lipinski definition) is 4. The quantitative estimate of drug-likeness (QED) is 0.915. The SMILES string of the molecule is Cc1ccccc1C(CN)N1CCC2(CC1)OCCO2. The molecule has 1 aromatic carbocycles. The molecule has 20 heavy (non-hydrogen) atoms. The molecule has 2 fully saturated rings. The Bertz CT molecular complexity index is 448. The van der Waals surface area contributed by atoms with Gasteiger partial charge < -0.3 is 15.2 Å². The summed E-state index contributed by atoms with van der Waals surface area (Å²) in [6.07, 6.45) is 1.88. The molecule has 110 valence electrons. The van der Waals surface area contributed by atoms with Gasteiger partial charge in [-0.25, -0.2) is 0 Å². The lowest BCUT2D eigenvalue weighted by Gasteiger charge is -2.41. The van der Waals surface area contributed by atoms with E-state index in [4.69, 9.17) is 15.2 Å². The average molecular weight is 276 g/mol. The second-order valence-corrected chi connectivity index (χ2v) is 5.75. The molecule has 2 N–H and O–H groups in total. The molecule has 2 aliphatic rings. The smallest absolute Gasteiger partial charge is 0.170 e. The van der Waals surface area contributed by atoms with Crippen molar-refractivity contribution < 1.29 is 9.47 Å². The fraction of sp³-hybridized carbons (Fsp3) is 0.625. The molecule has 1 spiro atoms. The second kappa shape index (κ2) is 5.82. The van der Waals surface area contributed by atoms with E-state index >= 15 is 0 Å². The van der Waals surface area contributed by atoms with Gasteiger partial charge in [0.1, 0.15) is 0 Å². The molecule has 0 aromatic heterocycles. The van der Waals surface area contributed by atoms with Crippen molar-refractivity contribution in [3.8, 4) is 0 Å². The number of piperidine rings is 1. The summed E-state index contributed by atoms with van der Waals surface area (Å²) in [4.78, 5) is 2.47. The van der Waals surface area contributed by atoms with Crippen LogP contribution in [0.1, 0.15) is 30.0 Å². The van der Waals surface area contributed by atoms with E-state index < -0.39 is 0 Å². The van der Waals surface area contributed by atoms with Crippen LogP contribution in [0.2, 0.25) is 0 Å². The van der Waals surface area contributed by atoms with Crippen LogP contribution in [0.25, 0.3) is 0 Å². The third kappa shape index (κ3) is 2.61. The largest absolute Gasteiger partial charge is 0.347 e. The number of likely N-dealkylation sites (tertiary alicyclic amines) is 1. The first-order valence-corrected chi connectivity index (χ1v) is 7.52. The van der Waals surface area contributed by atoms with Gasteiger partial charge in [0.25, 0.3) is 0 Å². The van der Waals surface area contributed by atoms with Gasteiger partial charge >= 0.3 is 0 Å². The molecule has 2 heterocycles. The first kappa shape index (κ1) is 14.0. The highest BCUT2D eigenvalue weighted by atomic mass is 16.7. The molecule has 0 saturated carbocycles. The molecule has 0 bridgehead atoms. The predicted molar refractivity (Wildman–Crippen MR) is 78.4 cm³/mol. The lowest BCUT2D eigenvalue weighted by Crippen LogP contribution is -2.47. The average Bonchev–Trinajstić information content (AvgIpc) is 2.92. The maximum atomic E-state index is 6.05. The van der Waals surface area contributed by atoms with E-state index in [0.717, 1.165) is 39.1 Å². The van der Waals surface area contributed by atoms with Crippen LogP contribution in [0.4, 0.5) is 0 Å². The lowest BCUT2D eigenvalue weighted by molar-refractivity contribution is -0.187. The number of benzene rings is 1. The molecule has 4 nitrogen and oxygen atoms in total. The van der Waals surface area contributed by atoms with Gasteiger partial charge in [-0.15, -0.1) is 0 Å². The standard InChI is InChI=1S/C16H24N2O2/c1-13-4-2-3-5-14(13)15(12-17)18-8-6-16(7-9-18)19-10-11-20-16/h2-5,15H,6-12,17H2,1H3. The summed E-state index contributed by atoms with van der Waals surface area (Å²) < 4.78 is 11.6. The van der Waals surface area contributed by atoms with Crippen LogP contribution in [-0.4, -0.2) is 43.5 Å². The third-order valence-electron chi connectivity index (χ3n) is 4.58. The Hall–Kier alpha value is -0.940. The van der Waals surface area contributed by atoms with Crippen molar-refractivity contribution >= 4 is 0 Å². The van der Waals surface area contributed by atoms with E-state index in [0.29, 0.717) is 12.6 Å². The molecule has 4 heteroatoms. The number of hydrogen-bond donors (Lipinski definition) is 1. The fourth-order valence-electron chi connectivity index (χ4n) is 3.40. The number of ether oxygens (including phenoxy) is 2. The van der Waals surface area contributed by atoms with Gasteiger partial charge in [0, 0.05) is 38.5 Å². The van der Waals surface area contributed by atoms with Crippen LogP contribution in [0.5, 0.6) is 0 Å². The minimum atomic E-state index is -0.304. The van der Waals surface area contributed by atoms with Gasteiger partial charge in [0.05, 0.1) is 13.2 Å². The molecule has 0 aliphatic carbocycles. The van der Waals surface area contributed by atoms with Gasteiger partial charge in [0.2, 0.25) is 0 Å².